The Balaban J connectivity index is 1.05. The highest BCUT2D eigenvalue weighted by Gasteiger charge is 2.55. The predicted octanol–water partition coefficient (Wildman–Crippen LogP) is 17.6. The zero-order chi connectivity index (χ0) is 43.6. The van der Waals surface area contributed by atoms with E-state index in [4.69, 9.17) is 0 Å². The average Bonchev–Trinajstić information content (AvgIpc) is 3.77. The van der Waals surface area contributed by atoms with Gasteiger partial charge in [-0.05, 0) is 145 Å². The van der Waals surface area contributed by atoms with E-state index >= 15 is 0 Å². The fourth-order valence-electron chi connectivity index (χ4n) is 12.8. The molecule has 8 aromatic rings. The number of benzene rings is 8. The Hall–Kier alpha value is -6.44. The van der Waals surface area contributed by atoms with Crippen molar-refractivity contribution in [3.05, 3.63) is 210 Å². The Morgan fingerprint density at radius 3 is 1.55 bits per heavy atom. The van der Waals surface area contributed by atoms with Crippen LogP contribution in [-0.4, -0.2) is 0 Å². The van der Waals surface area contributed by atoms with Gasteiger partial charge < -0.3 is 4.90 Å². The Morgan fingerprint density at radius 2 is 0.891 bits per heavy atom. The van der Waals surface area contributed by atoms with Crippen molar-refractivity contribution in [2.45, 2.75) is 77.6 Å². The van der Waals surface area contributed by atoms with Crippen LogP contribution in [0.5, 0.6) is 0 Å². The normalized spacial score (nSPS) is 20.0. The summed E-state index contributed by atoms with van der Waals surface area (Å²) in [6, 6.07) is 71.1. The van der Waals surface area contributed by atoms with Gasteiger partial charge in [-0.15, -0.1) is 0 Å². The van der Waals surface area contributed by atoms with Gasteiger partial charge in [0.25, 0.3) is 0 Å². The largest absolute Gasteiger partial charge is 0.310 e. The monoisotopic (exact) mass is 829 g/mol. The molecule has 2 unspecified atom stereocenters. The molecule has 1 heteroatoms. The van der Waals surface area contributed by atoms with Crippen LogP contribution >= 0.6 is 0 Å². The first-order chi connectivity index (χ1) is 31.3. The van der Waals surface area contributed by atoms with Gasteiger partial charge in [-0.3, -0.25) is 0 Å². The maximum absolute atomic E-state index is 2.53. The van der Waals surface area contributed by atoms with Gasteiger partial charge in [0, 0.05) is 27.8 Å². The van der Waals surface area contributed by atoms with E-state index in [9.17, 15) is 0 Å². The summed E-state index contributed by atoms with van der Waals surface area (Å²) in [5.74, 6) is 2.12. The van der Waals surface area contributed by atoms with Crippen LogP contribution in [0.25, 0.3) is 55.6 Å². The van der Waals surface area contributed by atoms with Crippen LogP contribution in [0.1, 0.15) is 89.0 Å². The van der Waals surface area contributed by atoms with Crippen molar-refractivity contribution in [1.82, 2.24) is 0 Å². The summed E-state index contributed by atoms with van der Waals surface area (Å²) in [6.45, 7) is 12.1. The molecular weight excluding hydrogens is 771 g/mol. The molecule has 0 saturated heterocycles. The van der Waals surface area contributed by atoms with E-state index in [1.54, 1.807) is 11.1 Å². The molecule has 64 heavy (non-hydrogen) atoms. The minimum absolute atomic E-state index is 0.0856. The second-order valence-corrected chi connectivity index (χ2v) is 19.4. The maximum atomic E-state index is 2.53. The molecular formula is C63H59N. The number of rotatable bonds is 9. The van der Waals surface area contributed by atoms with Crippen molar-refractivity contribution in [2.24, 2.45) is 17.8 Å². The van der Waals surface area contributed by atoms with Gasteiger partial charge in [-0.2, -0.15) is 0 Å². The highest BCUT2D eigenvalue weighted by atomic mass is 15.1. The van der Waals surface area contributed by atoms with Crippen molar-refractivity contribution in [2.75, 3.05) is 4.90 Å². The lowest BCUT2D eigenvalue weighted by atomic mass is 9.52. The minimum Gasteiger partial charge on any atom is -0.310 e. The van der Waals surface area contributed by atoms with Crippen LogP contribution in [0, 0.1) is 17.8 Å². The van der Waals surface area contributed by atoms with Gasteiger partial charge >= 0.3 is 0 Å². The molecule has 1 saturated carbocycles. The van der Waals surface area contributed by atoms with Gasteiger partial charge in [0.2, 0.25) is 0 Å². The summed E-state index contributed by atoms with van der Waals surface area (Å²) in [5.41, 5.74) is 22.2. The van der Waals surface area contributed by atoms with E-state index < -0.39 is 0 Å². The number of hydrogen-bond acceptors (Lipinski definition) is 1. The number of anilines is 3. The molecule has 0 aromatic heterocycles. The summed E-state index contributed by atoms with van der Waals surface area (Å²) in [6.07, 6.45) is 6.38. The lowest BCUT2D eigenvalue weighted by Gasteiger charge is -2.51. The lowest BCUT2D eigenvalue weighted by Crippen LogP contribution is -2.47. The third-order valence-electron chi connectivity index (χ3n) is 15.9. The summed E-state index contributed by atoms with van der Waals surface area (Å²) < 4.78 is 0. The van der Waals surface area contributed by atoms with Crippen LogP contribution in [0.15, 0.2) is 188 Å². The van der Waals surface area contributed by atoms with E-state index in [2.05, 4.69) is 228 Å². The standard InChI is InChI=1S/C63H59N/c1-6-42-37-48(7-2)63(49(8-3)38-42)58-26-18-16-24-53(58)56-40-46(29-35-59(56)63)44-27-31-50(32-28-44)64(51-33-34-54-52-23-15-17-25-57(52)62(4,5)60(54)41-51)61-36-30-47(43-19-11-9-12-20-43)39-55(61)45-21-13-10-14-22-45/h9-36,39-42,48-49H,6-8,37-38H2,1-5H3. The summed E-state index contributed by atoms with van der Waals surface area (Å²) in [5, 5.41) is 0. The van der Waals surface area contributed by atoms with E-state index in [1.165, 1.54) is 98.9 Å². The van der Waals surface area contributed by atoms with E-state index in [0.717, 1.165) is 23.0 Å². The van der Waals surface area contributed by atoms with E-state index in [-0.39, 0.29) is 10.8 Å². The van der Waals surface area contributed by atoms with Crippen LogP contribution in [0.2, 0.25) is 0 Å². The molecule has 3 aliphatic carbocycles. The zero-order valence-electron chi connectivity index (χ0n) is 38.1. The summed E-state index contributed by atoms with van der Waals surface area (Å²) in [4.78, 5) is 2.49. The zero-order valence-corrected chi connectivity index (χ0v) is 38.1. The smallest absolute Gasteiger partial charge is 0.0540 e. The van der Waals surface area contributed by atoms with Gasteiger partial charge in [0.15, 0.2) is 0 Å². The molecule has 1 nitrogen and oxygen atoms in total. The highest BCUT2D eigenvalue weighted by Crippen LogP contribution is 2.63. The van der Waals surface area contributed by atoms with Crippen molar-refractivity contribution in [1.29, 1.82) is 0 Å². The summed E-state index contributed by atoms with van der Waals surface area (Å²) >= 11 is 0. The SMILES string of the molecule is CCC1CC(CC)C2(c3ccccc3-c3cc(-c4ccc(N(c5ccc6c(c5)C(C)(C)c5ccccc5-6)c5ccc(-c6ccccc6)cc5-c5ccccc5)cc4)ccc32)C(CC)C1. The molecule has 0 heterocycles. The Bertz CT molecular complexity index is 2980. The van der Waals surface area contributed by atoms with Crippen molar-refractivity contribution in [3.8, 4) is 55.6 Å². The maximum Gasteiger partial charge on any atom is 0.0540 e. The second-order valence-electron chi connectivity index (χ2n) is 19.4. The van der Waals surface area contributed by atoms with Crippen molar-refractivity contribution in [3.63, 3.8) is 0 Å². The van der Waals surface area contributed by atoms with Crippen molar-refractivity contribution < 1.29 is 0 Å². The van der Waals surface area contributed by atoms with Crippen molar-refractivity contribution >= 4 is 17.1 Å². The van der Waals surface area contributed by atoms with Gasteiger partial charge in [-0.25, -0.2) is 0 Å². The molecule has 0 bridgehead atoms. The van der Waals surface area contributed by atoms with E-state index in [1.807, 2.05) is 0 Å². The molecule has 0 N–H and O–H groups in total. The topological polar surface area (TPSA) is 3.24 Å². The minimum atomic E-state index is -0.120. The molecule has 0 radical (unpaired) electrons. The average molecular weight is 830 g/mol. The van der Waals surface area contributed by atoms with Crippen LogP contribution < -0.4 is 4.90 Å². The molecule has 0 aliphatic heterocycles. The summed E-state index contributed by atoms with van der Waals surface area (Å²) in [7, 11) is 0. The van der Waals surface area contributed by atoms with Gasteiger partial charge in [0.1, 0.15) is 0 Å². The molecule has 2 atom stereocenters. The third-order valence-corrected chi connectivity index (χ3v) is 15.9. The first-order valence-electron chi connectivity index (χ1n) is 24.0. The molecule has 8 aromatic carbocycles. The molecule has 0 amide bonds. The highest BCUT2D eigenvalue weighted by molar-refractivity contribution is 5.93. The molecule has 1 fully saturated rings. The fourth-order valence-corrected chi connectivity index (χ4v) is 12.8. The number of hydrogen-bond donors (Lipinski definition) is 0. The Morgan fingerprint density at radius 1 is 0.391 bits per heavy atom. The van der Waals surface area contributed by atoms with Crippen LogP contribution in [0.4, 0.5) is 17.1 Å². The lowest BCUT2D eigenvalue weighted by molar-refractivity contribution is 0.0905. The Labute approximate surface area is 381 Å². The number of fused-ring (bicyclic) bond motifs is 8. The van der Waals surface area contributed by atoms with E-state index in [0.29, 0.717) is 11.8 Å². The Kier molecular flexibility index (Phi) is 10.1. The number of nitrogens with zero attached hydrogens (tertiary/aromatic N) is 1. The third kappa shape index (κ3) is 6.26. The first kappa shape index (κ1) is 40.3. The fraction of sp³-hybridized carbons (Fsp3) is 0.238. The van der Waals surface area contributed by atoms with Crippen LogP contribution in [-0.2, 0) is 10.8 Å². The molecule has 316 valence electrons. The molecule has 1 spiro atoms. The predicted molar refractivity (Wildman–Crippen MR) is 272 cm³/mol. The molecule has 11 rings (SSSR count). The molecule has 3 aliphatic rings. The van der Waals surface area contributed by atoms with Gasteiger partial charge in [0.05, 0.1) is 5.69 Å². The van der Waals surface area contributed by atoms with Crippen LogP contribution in [0.3, 0.4) is 0 Å². The second kappa shape index (κ2) is 16.0. The quantitative estimate of drug-likeness (QED) is 0.140. The first-order valence-corrected chi connectivity index (χ1v) is 24.0. The van der Waals surface area contributed by atoms with Gasteiger partial charge in [-0.1, -0.05) is 199 Å².